The minimum Gasteiger partial charge on any atom is -0.358 e. The molecular formula is C14H16N4S. The van der Waals surface area contributed by atoms with Crippen LogP contribution in [0.4, 0.5) is 0 Å². The minimum absolute atomic E-state index is 0.458. The Bertz CT molecular complexity index is 511. The molecule has 3 rings (SSSR count). The van der Waals surface area contributed by atoms with Crippen LogP contribution in [0.3, 0.4) is 0 Å². The van der Waals surface area contributed by atoms with Gasteiger partial charge in [0.1, 0.15) is 0 Å². The fraction of sp³-hybridized carbons (Fsp3) is 0.357. The summed E-state index contributed by atoms with van der Waals surface area (Å²) in [4.78, 5) is 4.15. The van der Waals surface area contributed by atoms with Crippen molar-refractivity contribution in [1.29, 1.82) is 0 Å². The molecule has 0 spiro atoms. The highest BCUT2D eigenvalue weighted by molar-refractivity contribution is 7.80. The summed E-state index contributed by atoms with van der Waals surface area (Å²) in [5.41, 5.74) is 3.65. The molecular weight excluding hydrogens is 256 g/mol. The highest BCUT2D eigenvalue weighted by Crippen LogP contribution is 2.38. The summed E-state index contributed by atoms with van der Waals surface area (Å²) in [6.07, 6.45) is 10.4. The number of nitrogens with zero attached hydrogens (tertiary/aromatic N) is 2. The maximum Gasteiger partial charge on any atom is 0.187 e. The largest absolute Gasteiger partial charge is 0.358 e. The maximum absolute atomic E-state index is 5.24. The number of allylic oxidation sites excluding steroid dienone is 1. The second kappa shape index (κ2) is 5.48. The van der Waals surface area contributed by atoms with Crippen molar-refractivity contribution in [2.75, 3.05) is 0 Å². The maximum atomic E-state index is 5.24. The van der Waals surface area contributed by atoms with E-state index in [2.05, 4.69) is 33.0 Å². The quantitative estimate of drug-likeness (QED) is 0.381. The van der Waals surface area contributed by atoms with Crippen molar-refractivity contribution >= 4 is 23.5 Å². The second-order valence-electron chi connectivity index (χ2n) is 4.98. The Kier molecular flexibility index (Phi) is 3.55. The van der Waals surface area contributed by atoms with E-state index >= 15 is 0 Å². The average Bonchev–Trinajstić information content (AvgIpc) is 3.02. The molecule has 19 heavy (non-hydrogen) atoms. The Labute approximate surface area is 118 Å². The summed E-state index contributed by atoms with van der Waals surface area (Å²) in [5.74, 6) is 1.37. The molecule has 1 aromatic rings. The number of fused-ring (bicyclic) bond motifs is 2. The molecule has 5 heteroatoms. The van der Waals surface area contributed by atoms with Crippen LogP contribution >= 0.6 is 12.2 Å². The highest BCUT2D eigenvalue weighted by Gasteiger charge is 2.35. The topological polar surface area (TPSA) is 49.3 Å². The molecule has 0 saturated heterocycles. The molecule has 4 nitrogen and oxygen atoms in total. The van der Waals surface area contributed by atoms with Gasteiger partial charge in [0.2, 0.25) is 0 Å². The van der Waals surface area contributed by atoms with Gasteiger partial charge in [-0.1, -0.05) is 18.2 Å². The van der Waals surface area contributed by atoms with Gasteiger partial charge in [-0.25, -0.2) is 0 Å². The van der Waals surface area contributed by atoms with E-state index in [1.165, 1.54) is 12.8 Å². The molecule has 2 bridgehead atoms. The van der Waals surface area contributed by atoms with Crippen LogP contribution in [-0.2, 0) is 0 Å². The molecule has 3 atom stereocenters. The summed E-state index contributed by atoms with van der Waals surface area (Å²) < 4.78 is 0. The molecule has 1 heterocycles. The molecule has 2 aliphatic carbocycles. The van der Waals surface area contributed by atoms with Gasteiger partial charge in [0, 0.05) is 12.2 Å². The molecule has 1 saturated carbocycles. The molecule has 98 valence electrons. The number of rotatable bonds is 3. The monoisotopic (exact) mass is 272 g/mol. The standard InChI is InChI=1S/C14H16N4S/c19-14(17-13-8-10-4-5-11(13)7-10)18-16-9-12-3-1-2-6-15-12/h1-6,9-11,13H,7-8H2,(H2,17,18,19)/b16-9-/t10-,11-,13+/m0/s1. The Morgan fingerprint density at radius 1 is 1.37 bits per heavy atom. The van der Waals surface area contributed by atoms with E-state index in [4.69, 9.17) is 12.2 Å². The lowest BCUT2D eigenvalue weighted by molar-refractivity contribution is 0.521. The van der Waals surface area contributed by atoms with Crippen LogP contribution in [0.15, 0.2) is 41.6 Å². The number of pyridine rings is 1. The second-order valence-corrected chi connectivity index (χ2v) is 5.39. The Morgan fingerprint density at radius 3 is 3.00 bits per heavy atom. The van der Waals surface area contributed by atoms with Crippen LogP contribution in [0.25, 0.3) is 0 Å². The fourth-order valence-electron chi connectivity index (χ4n) is 2.76. The van der Waals surface area contributed by atoms with Crippen molar-refractivity contribution in [3.63, 3.8) is 0 Å². The summed E-state index contributed by atoms with van der Waals surface area (Å²) in [5, 5.41) is 8.00. The van der Waals surface area contributed by atoms with E-state index in [0.29, 0.717) is 17.1 Å². The summed E-state index contributed by atoms with van der Waals surface area (Å²) in [7, 11) is 0. The van der Waals surface area contributed by atoms with E-state index in [1.54, 1.807) is 12.4 Å². The van der Waals surface area contributed by atoms with Crippen molar-refractivity contribution in [3.05, 3.63) is 42.2 Å². The Morgan fingerprint density at radius 2 is 2.32 bits per heavy atom. The SMILES string of the molecule is S=C(N/N=C\c1ccccn1)N[C@@H]1C[C@H]2C=C[C@H]1C2. The van der Waals surface area contributed by atoms with Crippen LogP contribution < -0.4 is 10.7 Å². The zero-order valence-corrected chi connectivity index (χ0v) is 11.3. The first-order chi connectivity index (χ1) is 9.31. The van der Waals surface area contributed by atoms with Gasteiger partial charge < -0.3 is 5.32 Å². The molecule has 2 aliphatic rings. The van der Waals surface area contributed by atoms with Crippen molar-refractivity contribution < 1.29 is 0 Å². The lowest BCUT2D eigenvalue weighted by Gasteiger charge is -2.20. The van der Waals surface area contributed by atoms with Crippen LogP contribution in [0.1, 0.15) is 18.5 Å². The number of aromatic nitrogens is 1. The fourth-order valence-corrected chi connectivity index (χ4v) is 2.96. The summed E-state index contributed by atoms with van der Waals surface area (Å²) in [6.45, 7) is 0. The summed E-state index contributed by atoms with van der Waals surface area (Å²) in [6, 6.07) is 6.15. The number of hydrogen-bond donors (Lipinski definition) is 2. The first-order valence-electron chi connectivity index (χ1n) is 6.50. The van der Waals surface area contributed by atoms with E-state index < -0.39 is 0 Å². The van der Waals surface area contributed by atoms with Crippen molar-refractivity contribution in [1.82, 2.24) is 15.7 Å². The molecule has 1 aromatic heterocycles. The van der Waals surface area contributed by atoms with Crippen LogP contribution in [-0.4, -0.2) is 22.4 Å². The van der Waals surface area contributed by atoms with Gasteiger partial charge in [-0.15, -0.1) is 0 Å². The van der Waals surface area contributed by atoms with Gasteiger partial charge in [-0.2, -0.15) is 5.10 Å². The molecule has 1 fully saturated rings. The van der Waals surface area contributed by atoms with E-state index in [1.807, 2.05) is 18.2 Å². The molecule has 0 unspecified atom stereocenters. The Balaban J connectivity index is 1.47. The normalized spacial score (nSPS) is 27.9. The van der Waals surface area contributed by atoms with E-state index in [9.17, 15) is 0 Å². The first-order valence-corrected chi connectivity index (χ1v) is 6.91. The predicted octanol–water partition coefficient (Wildman–Crippen LogP) is 1.84. The van der Waals surface area contributed by atoms with Gasteiger partial charge in [-0.05, 0) is 49.0 Å². The van der Waals surface area contributed by atoms with Crippen LogP contribution in [0.5, 0.6) is 0 Å². The Hall–Kier alpha value is -1.75. The summed E-state index contributed by atoms with van der Waals surface area (Å²) >= 11 is 5.24. The highest BCUT2D eigenvalue weighted by atomic mass is 32.1. The zero-order chi connectivity index (χ0) is 13.1. The van der Waals surface area contributed by atoms with Gasteiger partial charge in [0.05, 0.1) is 11.9 Å². The van der Waals surface area contributed by atoms with E-state index in [0.717, 1.165) is 11.6 Å². The number of hydrogen-bond acceptors (Lipinski definition) is 3. The number of thiocarbonyl (C=S) groups is 1. The molecule has 0 amide bonds. The van der Waals surface area contributed by atoms with Crippen molar-refractivity contribution in [3.8, 4) is 0 Å². The van der Waals surface area contributed by atoms with Gasteiger partial charge >= 0.3 is 0 Å². The van der Waals surface area contributed by atoms with Gasteiger partial charge in [0.25, 0.3) is 0 Å². The molecule has 0 aliphatic heterocycles. The lowest BCUT2D eigenvalue weighted by Crippen LogP contribution is -2.42. The smallest absolute Gasteiger partial charge is 0.187 e. The zero-order valence-electron chi connectivity index (χ0n) is 10.5. The van der Waals surface area contributed by atoms with Gasteiger partial charge in [-0.3, -0.25) is 10.4 Å². The molecule has 2 N–H and O–H groups in total. The van der Waals surface area contributed by atoms with E-state index in [-0.39, 0.29) is 0 Å². The van der Waals surface area contributed by atoms with Crippen molar-refractivity contribution in [2.45, 2.75) is 18.9 Å². The average molecular weight is 272 g/mol. The minimum atomic E-state index is 0.458. The molecule has 0 aromatic carbocycles. The van der Waals surface area contributed by atoms with Crippen LogP contribution in [0, 0.1) is 11.8 Å². The third-order valence-electron chi connectivity index (χ3n) is 3.65. The third kappa shape index (κ3) is 2.98. The number of nitrogens with one attached hydrogen (secondary N) is 2. The first kappa shape index (κ1) is 12.3. The number of hydrazone groups is 1. The predicted molar refractivity (Wildman–Crippen MR) is 79.8 cm³/mol. The van der Waals surface area contributed by atoms with Crippen LogP contribution in [0.2, 0.25) is 0 Å². The van der Waals surface area contributed by atoms with Gasteiger partial charge in [0.15, 0.2) is 5.11 Å². The van der Waals surface area contributed by atoms with Crippen molar-refractivity contribution in [2.24, 2.45) is 16.9 Å². The lowest BCUT2D eigenvalue weighted by atomic mass is 10.0. The molecule has 0 radical (unpaired) electrons. The third-order valence-corrected chi connectivity index (χ3v) is 3.86.